The number of ether oxygens (including phenoxy) is 2. The van der Waals surface area contributed by atoms with E-state index in [1.54, 1.807) is 0 Å². The van der Waals surface area contributed by atoms with E-state index in [1.807, 2.05) is 4.90 Å². The summed E-state index contributed by atoms with van der Waals surface area (Å²) in [6, 6.07) is 1.04. The van der Waals surface area contributed by atoms with Gasteiger partial charge < -0.3 is 14.4 Å². The maximum absolute atomic E-state index is 12.9. The third kappa shape index (κ3) is 2.71. The molecule has 9 heteroatoms. The third-order valence-electron chi connectivity index (χ3n) is 4.49. The van der Waals surface area contributed by atoms with Crippen molar-refractivity contribution in [1.82, 2.24) is 14.6 Å². The molecule has 24 heavy (non-hydrogen) atoms. The summed E-state index contributed by atoms with van der Waals surface area (Å²) < 4.78 is 51.5. The van der Waals surface area contributed by atoms with E-state index in [4.69, 9.17) is 9.47 Å². The van der Waals surface area contributed by atoms with Crippen molar-refractivity contribution < 1.29 is 22.6 Å². The lowest BCUT2D eigenvalue weighted by atomic mass is 9.94. The Morgan fingerprint density at radius 2 is 2.12 bits per heavy atom. The number of anilines is 1. The quantitative estimate of drug-likeness (QED) is 0.795. The molecule has 2 saturated heterocycles. The topological polar surface area (TPSA) is 51.9 Å². The minimum Gasteiger partial charge on any atom is -0.378 e. The molecule has 130 valence electrons. The zero-order valence-corrected chi connectivity index (χ0v) is 12.9. The molecule has 2 aromatic heterocycles. The molecule has 2 aliphatic rings. The van der Waals surface area contributed by atoms with Gasteiger partial charge in [0.15, 0.2) is 11.5 Å². The first-order valence-electron chi connectivity index (χ1n) is 7.85. The molecular weight excluding hydrogens is 325 g/mol. The van der Waals surface area contributed by atoms with Gasteiger partial charge in [0, 0.05) is 31.6 Å². The van der Waals surface area contributed by atoms with Gasteiger partial charge in [-0.25, -0.2) is 9.50 Å². The summed E-state index contributed by atoms with van der Waals surface area (Å²) in [5, 5.41) is 3.61. The van der Waals surface area contributed by atoms with Gasteiger partial charge in [-0.2, -0.15) is 18.3 Å². The van der Waals surface area contributed by atoms with Crippen LogP contribution in [-0.2, 0) is 15.7 Å². The van der Waals surface area contributed by atoms with E-state index in [0.717, 1.165) is 25.5 Å². The fourth-order valence-corrected chi connectivity index (χ4v) is 3.38. The molecule has 0 amide bonds. The zero-order valence-electron chi connectivity index (χ0n) is 12.9. The summed E-state index contributed by atoms with van der Waals surface area (Å²) in [6.45, 7) is 2.83. The molecule has 4 rings (SSSR count). The summed E-state index contributed by atoms with van der Waals surface area (Å²) in [6.07, 6.45) is 0.200. The third-order valence-corrected chi connectivity index (χ3v) is 4.49. The lowest BCUT2D eigenvalue weighted by molar-refractivity contribution is -0.141. The number of hydrogen-bond acceptors (Lipinski definition) is 5. The van der Waals surface area contributed by atoms with Crippen LogP contribution >= 0.6 is 0 Å². The smallest absolute Gasteiger partial charge is 0.378 e. The largest absolute Gasteiger partial charge is 0.435 e. The maximum atomic E-state index is 12.9. The molecule has 2 fully saturated rings. The fraction of sp³-hybridized carbons (Fsp3) is 0.600. The van der Waals surface area contributed by atoms with E-state index in [0.29, 0.717) is 37.6 Å². The Bertz CT molecular complexity index is 734. The number of alkyl halides is 3. The van der Waals surface area contributed by atoms with Gasteiger partial charge in [0.2, 0.25) is 0 Å². The first-order chi connectivity index (χ1) is 11.5. The van der Waals surface area contributed by atoms with Gasteiger partial charge in [-0.1, -0.05) is 0 Å². The maximum Gasteiger partial charge on any atom is 0.435 e. The molecule has 1 atom stereocenters. The second kappa shape index (κ2) is 5.59. The predicted molar refractivity (Wildman–Crippen MR) is 78.9 cm³/mol. The Labute approximate surface area is 136 Å². The van der Waals surface area contributed by atoms with Gasteiger partial charge in [-0.05, 0) is 12.8 Å². The summed E-state index contributed by atoms with van der Waals surface area (Å²) in [5.74, 6) is 0.494. The molecule has 0 bridgehead atoms. The van der Waals surface area contributed by atoms with E-state index in [2.05, 4.69) is 10.1 Å². The fourth-order valence-electron chi connectivity index (χ4n) is 3.38. The van der Waals surface area contributed by atoms with E-state index < -0.39 is 17.5 Å². The highest BCUT2D eigenvalue weighted by Gasteiger charge is 2.40. The van der Waals surface area contributed by atoms with Gasteiger partial charge in [0.1, 0.15) is 11.1 Å². The normalized spacial score (nSPS) is 25.5. The minimum atomic E-state index is -4.48. The number of halogens is 3. The van der Waals surface area contributed by atoms with Crippen molar-refractivity contribution >= 4 is 11.3 Å². The summed E-state index contributed by atoms with van der Waals surface area (Å²) in [7, 11) is 0. The average molecular weight is 342 g/mol. The Morgan fingerprint density at radius 1 is 1.25 bits per heavy atom. The summed E-state index contributed by atoms with van der Waals surface area (Å²) in [5.41, 5.74) is -0.975. The van der Waals surface area contributed by atoms with Crippen molar-refractivity contribution in [2.24, 2.45) is 0 Å². The average Bonchev–Trinajstić information content (AvgIpc) is 3.00. The number of morpholine rings is 1. The van der Waals surface area contributed by atoms with Crippen molar-refractivity contribution in [2.45, 2.75) is 24.6 Å². The number of fused-ring (bicyclic) bond motifs is 1. The van der Waals surface area contributed by atoms with Crippen LogP contribution in [0.4, 0.5) is 19.0 Å². The molecule has 1 spiro atoms. The SMILES string of the molecule is FC(F)(F)c1cc2c(N3CCOC4(CCCOC4)C3)nccn2n1. The van der Waals surface area contributed by atoms with Crippen LogP contribution < -0.4 is 4.90 Å². The van der Waals surface area contributed by atoms with Crippen LogP contribution in [0.1, 0.15) is 18.5 Å². The lowest BCUT2D eigenvalue weighted by Crippen LogP contribution is -2.56. The highest BCUT2D eigenvalue weighted by atomic mass is 19.4. The zero-order chi connectivity index (χ0) is 16.8. The molecule has 0 saturated carbocycles. The highest BCUT2D eigenvalue weighted by Crippen LogP contribution is 2.33. The summed E-state index contributed by atoms with van der Waals surface area (Å²) in [4.78, 5) is 6.27. The molecule has 4 heterocycles. The van der Waals surface area contributed by atoms with Crippen molar-refractivity contribution in [3.05, 3.63) is 24.2 Å². The van der Waals surface area contributed by atoms with Crippen LogP contribution in [0.2, 0.25) is 0 Å². The van der Waals surface area contributed by atoms with Crippen LogP contribution in [-0.4, -0.2) is 53.1 Å². The van der Waals surface area contributed by atoms with Crippen LogP contribution in [0.5, 0.6) is 0 Å². The van der Waals surface area contributed by atoms with Gasteiger partial charge in [0.05, 0.1) is 19.8 Å². The van der Waals surface area contributed by atoms with E-state index in [-0.39, 0.29) is 0 Å². The van der Waals surface area contributed by atoms with Gasteiger partial charge in [-0.3, -0.25) is 0 Å². The second-order valence-corrected chi connectivity index (χ2v) is 6.22. The van der Waals surface area contributed by atoms with E-state index in [1.165, 1.54) is 16.9 Å². The Balaban J connectivity index is 1.69. The number of nitrogens with zero attached hydrogens (tertiary/aromatic N) is 4. The van der Waals surface area contributed by atoms with Crippen molar-refractivity contribution in [2.75, 3.05) is 37.8 Å². The van der Waals surface area contributed by atoms with E-state index in [9.17, 15) is 13.2 Å². The lowest BCUT2D eigenvalue weighted by Gasteiger charge is -2.45. The molecule has 0 aromatic carbocycles. The molecule has 2 aliphatic heterocycles. The molecule has 1 unspecified atom stereocenters. The Morgan fingerprint density at radius 3 is 2.88 bits per heavy atom. The first-order valence-corrected chi connectivity index (χ1v) is 7.85. The standard InChI is InChI=1S/C15H17F3N4O2/c16-15(17,18)12-8-11-13(19-3-4-22(11)20-12)21-5-7-24-14(9-21)2-1-6-23-10-14/h3-4,8H,1-2,5-7,9-10H2. The van der Waals surface area contributed by atoms with Gasteiger partial charge >= 0.3 is 6.18 Å². The Hall–Kier alpha value is -1.87. The highest BCUT2D eigenvalue weighted by molar-refractivity contribution is 5.69. The van der Waals surface area contributed by atoms with Crippen LogP contribution in [0.3, 0.4) is 0 Å². The summed E-state index contributed by atoms with van der Waals surface area (Å²) >= 11 is 0. The van der Waals surface area contributed by atoms with Crippen LogP contribution in [0.25, 0.3) is 5.52 Å². The van der Waals surface area contributed by atoms with Crippen molar-refractivity contribution in [3.63, 3.8) is 0 Å². The van der Waals surface area contributed by atoms with Crippen molar-refractivity contribution in [1.29, 1.82) is 0 Å². The molecule has 0 radical (unpaired) electrons. The van der Waals surface area contributed by atoms with E-state index >= 15 is 0 Å². The van der Waals surface area contributed by atoms with Gasteiger partial charge in [-0.15, -0.1) is 0 Å². The molecule has 6 nitrogen and oxygen atoms in total. The van der Waals surface area contributed by atoms with Gasteiger partial charge in [0.25, 0.3) is 0 Å². The first kappa shape index (κ1) is 15.6. The predicted octanol–water partition coefficient (Wildman–Crippen LogP) is 2.13. The van der Waals surface area contributed by atoms with Crippen LogP contribution in [0, 0.1) is 0 Å². The molecule has 2 aromatic rings. The van der Waals surface area contributed by atoms with Crippen LogP contribution in [0.15, 0.2) is 18.5 Å². The monoisotopic (exact) mass is 342 g/mol. The molecule has 0 N–H and O–H groups in total. The Kier molecular flexibility index (Phi) is 3.65. The van der Waals surface area contributed by atoms with Crippen molar-refractivity contribution in [3.8, 4) is 0 Å². The number of rotatable bonds is 1. The second-order valence-electron chi connectivity index (χ2n) is 6.22. The number of aromatic nitrogens is 3. The molecular formula is C15H17F3N4O2. The minimum absolute atomic E-state index is 0.346. The molecule has 0 aliphatic carbocycles. The number of hydrogen-bond donors (Lipinski definition) is 0.